The number of rotatable bonds is 7. The van der Waals surface area contributed by atoms with Crippen molar-refractivity contribution >= 4 is 0 Å². The van der Waals surface area contributed by atoms with E-state index in [1.54, 1.807) is 0 Å². The van der Waals surface area contributed by atoms with Crippen LogP contribution in [0.5, 0.6) is 5.75 Å². The van der Waals surface area contributed by atoms with E-state index in [-0.39, 0.29) is 0 Å². The minimum Gasteiger partial charge on any atom is -0.493 e. The molecule has 2 N–H and O–H groups in total. The molecule has 83 valence electrons. The van der Waals surface area contributed by atoms with Gasteiger partial charge in [-0.3, -0.25) is 0 Å². The van der Waals surface area contributed by atoms with Crippen molar-refractivity contribution < 1.29 is 4.74 Å². The monoisotopic (exact) mass is 206 g/mol. The molecule has 0 bridgehead atoms. The Morgan fingerprint density at radius 1 is 1.20 bits per heavy atom. The van der Waals surface area contributed by atoms with E-state index < -0.39 is 0 Å². The minimum atomic E-state index is 0.740. The summed E-state index contributed by atoms with van der Waals surface area (Å²) in [5, 5.41) is 0. The van der Waals surface area contributed by atoms with Gasteiger partial charge in [0.2, 0.25) is 0 Å². The van der Waals surface area contributed by atoms with Crippen molar-refractivity contribution in [3.05, 3.63) is 36.8 Å². The van der Waals surface area contributed by atoms with Crippen molar-refractivity contribution in [2.75, 3.05) is 13.2 Å². The number of benzene rings is 1. The van der Waals surface area contributed by atoms with Gasteiger partial charge in [-0.15, -0.1) is 0 Å². The van der Waals surface area contributed by atoms with Crippen molar-refractivity contribution in [1.82, 2.24) is 0 Å². The number of nitrogens with two attached hydrogens (primary N) is 1. The Balaban J connectivity index is 2.44. The Bertz CT molecular complexity index is 273. The second-order valence-corrected chi connectivity index (χ2v) is 3.56. The maximum absolute atomic E-state index is 5.71. The molecular weight excluding hydrogens is 186 g/mol. The third-order valence-corrected chi connectivity index (χ3v) is 2.27. The lowest BCUT2D eigenvalue weighted by Crippen LogP contribution is -2.04. The van der Waals surface area contributed by atoms with Gasteiger partial charge in [-0.25, -0.2) is 0 Å². The van der Waals surface area contributed by atoms with Crippen LogP contribution in [0, 0.1) is 6.92 Å². The number of para-hydroxylation sites is 1. The van der Waals surface area contributed by atoms with Gasteiger partial charge >= 0.3 is 0 Å². The van der Waals surface area contributed by atoms with Crippen molar-refractivity contribution in [3.8, 4) is 5.75 Å². The third-order valence-electron chi connectivity index (χ3n) is 2.27. The van der Waals surface area contributed by atoms with Crippen LogP contribution in [0.2, 0.25) is 0 Å². The molecule has 0 aliphatic heterocycles. The molecule has 2 heteroatoms. The molecule has 0 fully saturated rings. The highest BCUT2D eigenvalue weighted by molar-refractivity contribution is 5.33. The summed E-state index contributed by atoms with van der Waals surface area (Å²) in [4.78, 5) is 0. The van der Waals surface area contributed by atoms with Crippen molar-refractivity contribution in [2.45, 2.75) is 25.7 Å². The predicted molar refractivity (Wildman–Crippen MR) is 63.9 cm³/mol. The summed E-state index contributed by atoms with van der Waals surface area (Å²) < 4.78 is 5.71. The molecule has 0 saturated carbocycles. The predicted octanol–water partition coefficient (Wildman–Crippen LogP) is 2.57. The smallest absolute Gasteiger partial charge is 0.122 e. The van der Waals surface area contributed by atoms with Gasteiger partial charge < -0.3 is 10.5 Å². The van der Waals surface area contributed by atoms with Crippen molar-refractivity contribution in [1.29, 1.82) is 0 Å². The first kappa shape index (κ1) is 12.1. The zero-order valence-corrected chi connectivity index (χ0v) is 9.24. The fourth-order valence-corrected chi connectivity index (χ4v) is 1.47. The Morgan fingerprint density at radius 3 is 2.73 bits per heavy atom. The minimum absolute atomic E-state index is 0.740. The molecule has 1 rings (SSSR count). The Hall–Kier alpha value is -1.02. The molecule has 2 nitrogen and oxygen atoms in total. The van der Waals surface area contributed by atoms with Gasteiger partial charge in [0.1, 0.15) is 5.75 Å². The highest BCUT2D eigenvalue weighted by atomic mass is 16.5. The first-order valence-electron chi connectivity index (χ1n) is 5.58. The molecule has 0 aliphatic rings. The van der Waals surface area contributed by atoms with Gasteiger partial charge in [-0.2, -0.15) is 0 Å². The van der Waals surface area contributed by atoms with Gasteiger partial charge in [-0.1, -0.05) is 25.1 Å². The topological polar surface area (TPSA) is 35.2 Å². The van der Waals surface area contributed by atoms with Crippen LogP contribution < -0.4 is 10.5 Å². The molecule has 0 amide bonds. The van der Waals surface area contributed by atoms with Crippen LogP contribution in [0.3, 0.4) is 0 Å². The maximum atomic E-state index is 5.71. The second kappa shape index (κ2) is 7.30. The van der Waals surface area contributed by atoms with E-state index in [1.807, 2.05) is 18.2 Å². The van der Waals surface area contributed by atoms with Gasteiger partial charge in [0.05, 0.1) is 6.61 Å². The molecule has 0 aromatic heterocycles. The van der Waals surface area contributed by atoms with Crippen molar-refractivity contribution in [2.24, 2.45) is 5.73 Å². The lowest BCUT2D eigenvalue weighted by atomic mass is 10.1. The lowest BCUT2D eigenvalue weighted by molar-refractivity contribution is 0.305. The molecule has 0 heterocycles. The maximum Gasteiger partial charge on any atom is 0.122 e. The van der Waals surface area contributed by atoms with E-state index in [0.29, 0.717) is 0 Å². The molecule has 0 unspecified atom stereocenters. The molecule has 0 saturated heterocycles. The van der Waals surface area contributed by atoms with E-state index in [0.717, 1.165) is 44.6 Å². The molecule has 1 radical (unpaired) electrons. The van der Waals surface area contributed by atoms with Gasteiger partial charge in [-0.05, 0) is 43.9 Å². The van der Waals surface area contributed by atoms with E-state index in [4.69, 9.17) is 10.5 Å². The normalized spacial score (nSPS) is 10.3. The summed E-state index contributed by atoms with van der Waals surface area (Å²) in [5.74, 6) is 0.998. The SMILES string of the molecule is [CH2]CCc1ccccc1OCCCCN. The molecule has 1 aromatic rings. The highest BCUT2D eigenvalue weighted by Crippen LogP contribution is 2.19. The summed E-state index contributed by atoms with van der Waals surface area (Å²) in [6.07, 6.45) is 3.93. The third kappa shape index (κ3) is 4.34. The van der Waals surface area contributed by atoms with E-state index in [1.165, 1.54) is 5.56 Å². The van der Waals surface area contributed by atoms with Crippen LogP contribution in [-0.4, -0.2) is 13.2 Å². The number of unbranched alkanes of at least 4 members (excludes halogenated alkanes) is 1. The largest absolute Gasteiger partial charge is 0.493 e. The van der Waals surface area contributed by atoms with Crippen molar-refractivity contribution in [3.63, 3.8) is 0 Å². The van der Waals surface area contributed by atoms with Gasteiger partial charge in [0, 0.05) is 0 Å². The summed E-state index contributed by atoms with van der Waals surface area (Å²) >= 11 is 0. The van der Waals surface area contributed by atoms with Crippen LogP contribution in [0.25, 0.3) is 0 Å². The van der Waals surface area contributed by atoms with Crippen LogP contribution in [0.4, 0.5) is 0 Å². The summed E-state index contributed by atoms with van der Waals surface area (Å²) in [5.41, 5.74) is 6.67. The Kier molecular flexibility index (Phi) is 5.86. The molecule has 0 spiro atoms. The van der Waals surface area contributed by atoms with E-state index in [9.17, 15) is 0 Å². The standard InChI is InChI=1S/C13H20NO/c1-2-7-12-8-3-4-9-13(12)15-11-6-5-10-14/h3-4,8-9H,1-2,5-7,10-11,14H2. The van der Waals surface area contributed by atoms with Gasteiger partial charge in [0.25, 0.3) is 0 Å². The van der Waals surface area contributed by atoms with Crippen LogP contribution in [0.1, 0.15) is 24.8 Å². The molecular formula is C13H20NO. The second-order valence-electron chi connectivity index (χ2n) is 3.56. The number of hydrogen-bond acceptors (Lipinski definition) is 2. The average Bonchev–Trinajstić information content (AvgIpc) is 2.27. The number of hydrogen-bond donors (Lipinski definition) is 1. The number of aryl methyl sites for hydroxylation is 1. The highest BCUT2D eigenvalue weighted by Gasteiger charge is 2.00. The Labute approximate surface area is 92.4 Å². The quantitative estimate of drug-likeness (QED) is 0.696. The summed E-state index contributed by atoms with van der Waals surface area (Å²) in [6, 6.07) is 8.17. The molecule has 0 atom stereocenters. The summed E-state index contributed by atoms with van der Waals surface area (Å²) in [7, 11) is 0. The zero-order chi connectivity index (χ0) is 10.9. The molecule has 15 heavy (non-hydrogen) atoms. The fraction of sp³-hybridized carbons (Fsp3) is 0.462. The van der Waals surface area contributed by atoms with Crippen LogP contribution >= 0.6 is 0 Å². The van der Waals surface area contributed by atoms with E-state index in [2.05, 4.69) is 13.0 Å². The first-order valence-corrected chi connectivity index (χ1v) is 5.58. The van der Waals surface area contributed by atoms with Gasteiger partial charge in [0.15, 0.2) is 0 Å². The average molecular weight is 206 g/mol. The summed E-state index contributed by atoms with van der Waals surface area (Å²) in [6.45, 7) is 5.35. The zero-order valence-electron chi connectivity index (χ0n) is 9.24. The van der Waals surface area contributed by atoms with Crippen LogP contribution in [0.15, 0.2) is 24.3 Å². The Morgan fingerprint density at radius 2 is 2.00 bits per heavy atom. The lowest BCUT2D eigenvalue weighted by Gasteiger charge is -2.10. The molecule has 0 aliphatic carbocycles. The molecule has 1 aromatic carbocycles. The van der Waals surface area contributed by atoms with Crippen LogP contribution in [-0.2, 0) is 6.42 Å². The first-order chi connectivity index (χ1) is 7.38. The van der Waals surface area contributed by atoms with E-state index >= 15 is 0 Å². The fourth-order valence-electron chi connectivity index (χ4n) is 1.47. The number of ether oxygens (including phenoxy) is 1.